The van der Waals surface area contributed by atoms with Gasteiger partial charge in [-0.2, -0.15) is 0 Å². The Hall–Kier alpha value is -10.7. The molecule has 0 aliphatic heterocycles. The fraction of sp³-hybridized carbons (Fsp3) is 0. The van der Waals surface area contributed by atoms with Crippen LogP contribution in [0.2, 0.25) is 0 Å². The number of hydrogen-bond donors (Lipinski definition) is 1. The smallest absolute Gasteiger partial charge is 0.0547 e. The number of aromatic amines is 1. The lowest BCUT2D eigenvalue weighted by molar-refractivity contribution is 1.18. The van der Waals surface area contributed by atoms with Gasteiger partial charge in [0.25, 0.3) is 0 Å². The SMILES string of the molecule is c1ccc(-n2c3ccccc3c3cc(-c4ccc5c(c4)[nH]c4ccccc45)ccc32)cc1.c1ccc(-n2c3ccccc3c3cc(-c4ccc5c6ccccc6n(-c6cc7c8c(cccc8c6)-c6ccccc6-7)c5c4)ccc32)cc1. The van der Waals surface area contributed by atoms with Crippen LogP contribution in [0.4, 0.5) is 0 Å². The molecule has 372 valence electrons. The van der Waals surface area contributed by atoms with Crippen LogP contribution in [-0.2, 0) is 0 Å². The van der Waals surface area contributed by atoms with Crippen molar-refractivity contribution in [3.63, 3.8) is 0 Å². The molecule has 13 aromatic carbocycles. The number of nitrogens with zero attached hydrogens (tertiary/aromatic N) is 3. The van der Waals surface area contributed by atoms with Gasteiger partial charge in [-0.3, -0.25) is 0 Å². The van der Waals surface area contributed by atoms with Crippen LogP contribution in [0.1, 0.15) is 0 Å². The van der Waals surface area contributed by atoms with Crippen molar-refractivity contribution in [2.24, 2.45) is 0 Å². The predicted molar refractivity (Wildman–Crippen MR) is 338 cm³/mol. The Morgan fingerprint density at radius 2 is 0.637 bits per heavy atom. The van der Waals surface area contributed by atoms with E-state index in [4.69, 9.17) is 0 Å². The number of rotatable bonds is 5. The predicted octanol–water partition coefficient (Wildman–Crippen LogP) is 20.4. The van der Waals surface area contributed by atoms with Crippen LogP contribution in [0.25, 0.3) is 160 Å². The van der Waals surface area contributed by atoms with Crippen LogP contribution in [0.15, 0.2) is 285 Å². The van der Waals surface area contributed by atoms with Crippen molar-refractivity contribution in [3.8, 4) is 61.6 Å². The van der Waals surface area contributed by atoms with E-state index in [0.717, 1.165) is 0 Å². The van der Waals surface area contributed by atoms with E-state index in [1.165, 1.54) is 160 Å². The van der Waals surface area contributed by atoms with Crippen LogP contribution < -0.4 is 0 Å². The van der Waals surface area contributed by atoms with Gasteiger partial charge >= 0.3 is 0 Å². The molecule has 0 atom stereocenters. The molecule has 4 nitrogen and oxygen atoms in total. The van der Waals surface area contributed by atoms with E-state index in [1.54, 1.807) is 0 Å². The molecule has 4 aromatic heterocycles. The second-order valence-electron chi connectivity index (χ2n) is 21.3. The van der Waals surface area contributed by atoms with E-state index < -0.39 is 0 Å². The van der Waals surface area contributed by atoms with Gasteiger partial charge in [0.05, 0.1) is 33.1 Å². The first-order valence-electron chi connectivity index (χ1n) is 27.6. The van der Waals surface area contributed by atoms with E-state index in [0.29, 0.717) is 0 Å². The van der Waals surface area contributed by atoms with Gasteiger partial charge in [-0.05, 0) is 152 Å². The summed E-state index contributed by atoms with van der Waals surface area (Å²) in [4.78, 5) is 3.58. The molecule has 18 rings (SSSR count). The van der Waals surface area contributed by atoms with Gasteiger partial charge in [0.2, 0.25) is 0 Å². The van der Waals surface area contributed by atoms with E-state index in [-0.39, 0.29) is 0 Å². The van der Waals surface area contributed by atoms with Gasteiger partial charge in [0.1, 0.15) is 0 Å². The minimum absolute atomic E-state index is 1.18. The molecular formula is C76H48N4. The van der Waals surface area contributed by atoms with Crippen molar-refractivity contribution in [2.45, 2.75) is 0 Å². The number of aromatic nitrogens is 4. The van der Waals surface area contributed by atoms with Crippen LogP contribution in [-0.4, -0.2) is 18.7 Å². The molecule has 1 N–H and O–H groups in total. The van der Waals surface area contributed by atoms with Gasteiger partial charge in [-0.15, -0.1) is 0 Å². The lowest BCUT2D eigenvalue weighted by Gasteiger charge is -2.13. The monoisotopic (exact) mass is 1020 g/mol. The van der Waals surface area contributed by atoms with Crippen molar-refractivity contribution in [1.82, 2.24) is 18.7 Å². The number of H-pyrrole nitrogens is 1. The maximum atomic E-state index is 3.58. The summed E-state index contributed by atoms with van der Waals surface area (Å²) in [5, 5.41) is 12.8. The first kappa shape index (κ1) is 44.4. The highest BCUT2D eigenvalue weighted by Gasteiger charge is 2.24. The van der Waals surface area contributed by atoms with Gasteiger partial charge in [-0.1, -0.05) is 188 Å². The maximum absolute atomic E-state index is 3.58. The zero-order valence-corrected chi connectivity index (χ0v) is 43.5. The van der Waals surface area contributed by atoms with Crippen molar-refractivity contribution in [3.05, 3.63) is 285 Å². The van der Waals surface area contributed by atoms with E-state index >= 15 is 0 Å². The quantitative estimate of drug-likeness (QED) is 0.178. The molecule has 0 spiro atoms. The summed E-state index contributed by atoms with van der Waals surface area (Å²) in [5.74, 6) is 0. The van der Waals surface area contributed by atoms with E-state index in [1.807, 2.05) is 0 Å². The average molecular weight is 1020 g/mol. The third-order valence-electron chi connectivity index (χ3n) is 16.9. The molecule has 0 amide bonds. The average Bonchev–Trinajstić information content (AvgIpc) is 4.39. The standard InChI is InChI=1S/C46H28N2.C30H20N2/c1-2-12-32(13-3-1)47-43-20-9-7-17-37(43)40-26-29(22-24-44(40)47)30-21-23-38-36-16-6-8-19-42(36)48(45(38)27-30)33-25-31-11-10-18-39-34-14-4-5-15-35(34)41(28-33)46(31)39;1-2-8-22(9-3-1)32-29-13-7-5-11-25(29)26-18-20(15-17-30(26)32)21-14-16-24-23-10-4-6-12-27(23)31-28(24)19-21/h1-28H;1-19,31H. The first-order valence-corrected chi connectivity index (χ1v) is 27.6. The van der Waals surface area contributed by atoms with Crippen LogP contribution >= 0.6 is 0 Å². The molecular weight excluding hydrogens is 969 g/mol. The number of benzene rings is 13. The van der Waals surface area contributed by atoms with Crippen molar-refractivity contribution < 1.29 is 0 Å². The fourth-order valence-electron chi connectivity index (χ4n) is 13.4. The van der Waals surface area contributed by atoms with Crippen LogP contribution in [0, 0.1) is 0 Å². The van der Waals surface area contributed by atoms with Crippen molar-refractivity contribution >= 4 is 98.0 Å². The molecule has 1 aliphatic carbocycles. The molecule has 4 heteroatoms. The Balaban J connectivity index is 0.000000139. The summed E-state index contributed by atoms with van der Waals surface area (Å²) in [6.45, 7) is 0. The Kier molecular flexibility index (Phi) is 9.68. The summed E-state index contributed by atoms with van der Waals surface area (Å²) in [5.41, 5.74) is 23.4. The third-order valence-corrected chi connectivity index (χ3v) is 16.9. The second kappa shape index (κ2) is 17.4. The third kappa shape index (κ3) is 6.69. The summed E-state index contributed by atoms with van der Waals surface area (Å²) in [6.07, 6.45) is 0. The highest BCUT2D eigenvalue weighted by atomic mass is 15.0. The Labute approximate surface area is 460 Å². The number of nitrogens with one attached hydrogen (secondary N) is 1. The highest BCUT2D eigenvalue weighted by molar-refractivity contribution is 6.18. The molecule has 0 unspecified atom stereocenters. The van der Waals surface area contributed by atoms with Gasteiger partial charge in [0, 0.05) is 71.2 Å². The Morgan fingerprint density at radius 3 is 1.26 bits per heavy atom. The normalized spacial score (nSPS) is 12.0. The largest absolute Gasteiger partial charge is 0.354 e. The number of para-hydroxylation sites is 6. The summed E-state index contributed by atoms with van der Waals surface area (Å²) in [6, 6.07) is 104. The summed E-state index contributed by atoms with van der Waals surface area (Å²) < 4.78 is 7.20. The molecule has 0 radical (unpaired) electrons. The maximum Gasteiger partial charge on any atom is 0.0547 e. The molecule has 0 saturated carbocycles. The number of fused-ring (bicyclic) bond motifs is 15. The van der Waals surface area contributed by atoms with E-state index in [2.05, 4.69) is 304 Å². The lowest BCUT2D eigenvalue weighted by Crippen LogP contribution is -1.95. The minimum Gasteiger partial charge on any atom is -0.354 e. The Bertz CT molecular complexity index is 5360. The van der Waals surface area contributed by atoms with Gasteiger partial charge in [-0.25, -0.2) is 0 Å². The minimum atomic E-state index is 1.18. The topological polar surface area (TPSA) is 30.6 Å². The molecule has 4 heterocycles. The Morgan fingerprint density at radius 1 is 0.212 bits per heavy atom. The van der Waals surface area contributed by atoms with Crippen molar-refractivity contribution in [2.75, 3.05) is 0 Å². The first-order chi connectivity index (χ1) is 39.7. The van der Waals surface area contributed by atoms with Crippen LogP contribution in [0.3, 0.4) is 0 Å². The summed E-state index contributed by atoms with van der Waals surface area (Å²) in [7, 11) is 0. The molecule has 0 fully saturated rings. The molecule has 0 bridgehead atoms. The molecule has 1 aliphatic rings. The zero-order chi connectivity index (χ0) is 52.4. The van der Waals surface area contributed by atoms with Crippen molar-refractivity contribution in [1.29, 1.82) is 0 Å². The summed E-state index contributed by atoms with van der Waals surface area (Å²) >= 11 is 0. The molecule has 17 aromatic rings. The van der Waals surface area contributed by atoms with Gasteiger partial charge in [0.15, 0.2) is 0 Å². The number of hydrogen-bond acceptors (Lipinski definition) is 0. The fourth-order valence-corrected chi connectivity index (χ4v) is 13.4. The van der Waals surface area contributed by atoms with Crippen LogP contribution in [0.5, 0.6) is 0 Å². The lowest BCUT2D eigenvalue weighted by atomic mass is 10.0. The second-order valence-corrected chi connectivity index (χ2v) is 21.3. The highest BCUT2D eigenvalue weighted by Crippen LogP contribution is 2.49. The molecule has 80 heavy (non-hydrogen) atoms. The zero-order valence-electron chi connectivity index (χ0n) is 43.5. The van der Waals surface area contributed by atoms with Gasteiger partial charge < -0.3 is 18.7 Å². The molecule has 0 saturated heterocycles. The van der Waals surface area contributed by atoms with E-state index in [9.17, 15) is 0 Å².